The first-order valence-electron chi connectivity index (χ1n) is 5.60. The topological polar surface area (TPSA) is 26.3 Å². The van der Waals surface area contributed by atoms with Crippen molar-refractivity contribution in [3.8, 4) is 0 Å². The minimum absolute atomic E-state index is 0.108. The van der Waals surface area contributed by atoms with E-state index in [1.54, 1.807) is 13.0 Å². The number of methoxy groups -OCH3 is 1. The predicted molar refractivity (Wildman–Crippen MR) is 65.7 cm³/mol. The van der Waals surface area contributed by atoms with Crippen molar-refractivity contribution >= 4 is 5.78 Å². The molecule has 2 nitrogen and oxygen atoms in total. The number of benzene rings is 1. The van der Waals surface area contributed by atoms with Crippen LogP contribution in [0.3, 0.4) is 0 Å². The number of carbonyl (C=O) groups is 1. The van der Waals surface area contributed by atoms with Crippen LogP contribution in [0.1, 0.15) is 36.7 Å². The van der Waals surface area contributed by atoms with Gasteiger partial charge in [-0.25, -0.2) is 4.39 Å². The molecule has 17 heavy (non-hydrogen) atoms. The minimum atomic E-state index is -0.521. The highest BCUT2D eigenvalue weighted by atomic mass is 19.1. The van der Waals surface area contributed by atoms with E-state index < -0.39 is 6.10 Å². The fourth-order valence-electron chi connectivity index (χ4n) is 1.80. The van der Waals surface area contributed by atoms with Crippen LogP contribution in [0.25, 0.3) is 0 Å². The number of halogens is 1. The van der Waals surface area contributed by atoms with Crippen LogP contribution in [0, 0.1) is 18.2 Å². The first-order chi connectivity index (χ1) is 7.77. The number of hydrogen-bond donors (Lipinski definition) is 0. The molecule has 0 aliphatic carbocycles. The van der Waals surface area contributed by atoms with Crippen LogP contribution in [-0.2, 0) is 4.74 Å². The minimum Gasteiger partial charge on any atom is -0.373 e. The number of rotatable bonds is 3. The number of carbonyl (C=O) groups excluding carboxylic acids is 1. The lowest BCUT2D eigenvalue weighted by molar-refractivity contribution is 0.0196. The molecule has 0 saturated carbocycles. The summed E-state index contributed by atoms with van der Waals surface area (Å²) in [6, 6.07) is 4.38. The van der Waals surface area contributed by atoms with Crippen molar-refractivity contribution < 1.29 is 13.9 Å². The summed E-state index contributed by atoms with van der Waals surface area (Å²) in [4.78, 5) is 12.2. The summed E-state index contributed by atoms with van der Waals surface area (Å²) >= 11 is 0. The lowest BCUT2D eigenvalue weighted by Gasteiger charge is -2.28. The van der Waals surface area contributed by atoms with Crippen LogP contribution in [0.5, 0.6) is 0 Å². The maximum absolute atomic E-state index is 13.1. The smallest absolute Gasteiger partial charge is 0.192 e. The van der Waals surface area contributed by atoms with Crippen molar-refractivity contribution in [1.29, 1.82) is 0 Å². The molecule has 94 valence electrons. The van der Waals surface area contributed by atoms with Crippen LogP contribution >= 0.6 is 0 Å². The Morgan fingerprint density at radius 3 is 2.35 bits per heavy atom. The van der Waals surface area contributed by atoms with Crippen molar-refractivity contribution in [3.63, 3.8) is 0 Å². The SMILES string of the molecule is COC(C(=O)c1ccc(F)c(C)c1)C(C)(C)C. The van der Waals surface area contributed by atoms with Gasteiger partial charge < -0.3 is 4.74 Å². The second-order valence-electron chi connectivity index (χ2n) is 5.31. The van der Waals surface area contributed by atoms with Crippen molar-refractivity contribution in [1.82, 2.24) is 0 Å². The van der Waals surface area contributed by atoms with E-state index in [4.69, 9.17) is 4.74 Å². The van der Waals surface area contributed by atoms with Gasteiger partial charge in [0.05, 0.1) is 0 Å². The molecular formula is C14H19FO2. The standard InChI is InChI=1S/C14H19FO2/c1-9-8-10(6-7-11(9)15)12(16)13(17-5)14(2,3)4/h6-8,13H,1-5H3. The molecule has 1 unspecified atom stereocenters. The molecule has 1 rings (SSSR count). The average molecular weight is 238 g/mol. The Labute approximate surface area is 102 Å². The van der Waals surface area contributed by atoms with E-state index in [-0.39, 0.29) is 17.0 Å². The molecule has 0 fully saturated rings. The van der Waals surface area contributed by atoms with Crippen molar-refractivity contribution in [2.24, 2.45) is 5.41 Å². The Morgan fingerprint density at radius 1 is 1.35 bits per heavy atom. The molecule has 1 aromatic carbocycles. The van der Waals surface area contributed by atoms with Gasteiger partial charge in [0.1, 0.15) is 11.9 Å². The van der Waals surface area contributed by atoms with Crippen molar-refractivity contribution in [2.45, 2.75) is 33.8 Å². The monoisotopic (exact) mass is 238 g/mol. The normalized spacial score (nSPS) is 13.5. The van der Waals surface area contributed by atoms with E-state index in [1.807, 2.05) is 20.8 Å². The number of aryl methyl sites for hydroxylation is 1. The van der Waals surface area contributed by atoms with Crippen LogP contribution in [0.15, 0.2) is 18.2 Å². The van der Waals surface area contributed by atoms with Gasteiger partial charge in [0.25, 0.3) is 0 Å². The molecule has 1 aromatic rings. The summed E-state index contributed by atoms with van der Waals surface area (Å²) in [6.45, 7) is 7.46. The van der Waals surface area contributed by atoms with Crippen molar-refractivity contribution in [3.05, 3.63) is 35.1 Å². The number of hydrogen-bond acceptors (Lipinski definition) is 2. The average Bonchev–Trinajstić information content (AvgIpc) is 2.20. The van der Waals surface area contributed by atoms with Gasteiger partial charge in [-0.15, -0.1) is 0 Å². The van der Waals surface area contributed by atoms with E-state index in [9.17, 15) is 9.18 Å². The fourth-order valence-corrected chi connectivity index (χ4v) is 1.80. The molecule has 0 aliphatic heterocycles. The molecule has 3 heteroatoms. The van der Waals surface area contributed by atoms with Gasteiger partial charge in [0.2, 0.25) is 0 Å². The molecule has 0 aliphatic rings. The molecule has 0 heterocycles. The zero-order chi connectivity index (χ0) is 13.2. The number of ether oxygens (including phenoxy) is 1. The Kier molecular flexibility index (Phi) is 4.04. The van der Waals surface area contributed by atoms with Gasteiger partial charge in [-0.05, 0) is 36.1 Å². The maximum Gasteiger partial charge on any atom is 0.192 e. The largest absolute Gasteiger partial charge is 0.373 e. The van der Waals surface area contributed by atoms with Crippen LogP contribution in [0.2, 0.25) is 0 Å². The summed E-state index contributed by atoms with van der Waals surface area (Å²) in [6.07, 6.45) is -0.521. The highest BCUT2D eigenvalue weighted by molar-refractivity contribution is 6.00. The second-order valence-corrected chi connectivity index (χ2v) is 5.31. The zero-order valence-electron chi connectivity index (χ0n) is 11.0. The van der Waals surface area contributed by atoms with Gasteiger partial charge in [0.15, 0.2) is 5.78 Å². The van der Waals surface area contributed by atoms with Crippen LogP contribution in [-0.4, -0.2) is 19.0 Å². The highest BCUT2D eigenvalue weighted by Gasteiger charge is 2.31. The van der Waals surface area contributed by atoms with Gasteiger partial charge >= 0.3 is 0 Å². The van der Waals surface area contributed by atoms with Gasteiger partial charge in [-0.1, -0.05) is 20.8 Å². The van der Waals surface area contributed by atoms with E-state index in [0.717, 1.165) is 0 Å². The lowest BCUT2D eigenvalue weighted by Crippen LogP contribution is -2.36. The summed E-state index contributed by atoms with van der Waals surface area (Å²) in [7, 11) is 1.52. The first-order valence-corrected chi connectivity index (χ1v) is 5.60. The summed E-state index contributed by atoms with van der Waals surface area (Å²) in [5.41, 5.74) is 0.680. The van der Waals surface area contributed by atoms with Crippen LogP contribution in [0.4, 0.5) is 4.39 Å². The van der Waals surface area contributed by atoms with Gasteiger partial charge in [0, 0.05) is 12.7 Å². The number of Topliss-reactive ketones (excluding diaryl/α,β-unsaturated/α-hetero) is 1. The summed E-state index contributed by atoms with van der Waals surface area (Å²) in [5, 5.41) is 0. The lowest BCUT2D eigenvalue weighted by atomic mass is 9.84. The maximum atomic E-state index is 13.1. The highest BCUT2D eigenvalue weighted by Crippen LogP contribution is 2.25. The Morgan fingerprint density at radius 2 is 1.94 bits per heavy atom. The Hall–Kier alpha value is -1.22. The molecule has 1 atom stereocenters. The zero-order valence-corrected chi connectivity index (χ0v) is 11.0. The quantitative estimate of drug-likeness (QED) is 0.755. The van der Waals surface area contributed by atoms with Crippen LogP contribution < -0.4 is 0 Å². The Balaban J connectivity index is 3.07. The molecular weight excluding hydrogens is 219 g/mol. The third kappa shape index (κ3) is 3.13. The third-order valence-corrected chi connectivity index (χ3v) is 2.70. The molecule has 0 amide bonds. The predicted octanol–water partition coefficient (Wildman–Crippen LogP) is 3.38. The van der Waals surface area contributed by atoms with Crippen molar-refractivity contribution in [2.75, 3.05) is 7.11 Å². The molecule has 0 spiro atoms. The van der Waals surface area contributed by atoms with E-state index in [2.05, 4.69) is 0 Å². The fraction of sp³-hybridized carbons (Fsp3) is 0.500. The summed E-state index contributed by atoms with van der Waals surface area (Å²) < 4.78 is 18.4. The number of ketones is 1. The molecule has 0 bridgehead atoms. The molecule has 0 saturated heterocycles. The second kappa shape index (κ2) is 4.96. The van der Waals surface area contributed by atoms with E-state index >= 15 is 0 Å². The first kappa shape index (κ1) is 13.8. The van der Waals surface area contributed by atoms with E-state index in [0.29, 0.717) is 11.1 Å². The molecule has 0 radical (unpaired) electrons. The van der Waals surface area contributed by atoms with Gasteiger partial charge in [-0.3, -0.25) is 4.79 Å². The van der Waals surface area contributed by atoms with Gasteiger partial charge in [-0.2, -0.15) is 0 Å². The summed E-state index contributed by atoms with van der Waals surface area (Å²) in [5.74, 6) is -0.408. The Bertz CT molecular complexity index is 419. The molecule has 0 aromatic heterocycles. The van der Waals surface area contributed by atoms with E-state index in [1.165, 1.54) is 19.2 Å². The molecule has 0 N–H and O–H groups in total. The third-order valence-electron chi connectivity index (χ3n) is 2.70.